The van der Waals surface area contributed by atoms with Crippen molar-refractivity contribution in [3.63, 3.8) is 0 Å². The Morgan fingerprint density at radius 2 is 1.65 bits per heavy atom. The fraction of sp³-hybridized carbons (Fsp3) is 1.00. The molecular formula is C15H30N2. The van der Waals surface area contributed by atoms with E-state index >= 15 is 0 Å². The van der Waals surface area contributed by atoms with Crippen LogP contribution in [0.4, 0.5) is 0 Å². The highest BCUT2D eigenvalue weighted by Crippen LogP contribution is 2.31. The summed E-state index contributed by atoms with van der Waals surface area (Å²) in [5, 5.41) is 0. The Morgan fingerprint density at radius 3 is 2.29 bits per heavy atom. The van der Waals surface area contributed by atoms with Crippen molar-refractivity contribution in [2.45, 2.75) is 65.0 Å². The molecule has 2 fully saturated rings. The second kappa shape index (κ2) is 5.71. The molecule has 0 radical (unpaired) electrons. The van der Waals surface area contributed by atoms with E-state index in [0.717, 1.165) is 11.8 Å². The Bertz CT molecular complexity index is 233. The number of piperidine rings is 1. The van der Waals surface area contributed by atoms with E-state index in [9.17, 15) is 0 Å². The van der Waals surface area contributed by atoms with Gasteiger partial charge in [0, 0.05) is 18.6 Å². The van der Waals surface area contributed by atoms with E-state index in [1.54, 1.807) is 0 Å². The zero-order valence-electron chi connectivity index (χ0n) is 11.9. The summed E-state index contributed by atoms with van der Waals surface area (Å²) in [6.07, 6.45) is 6.98. The van der Waals surface area contributed by atoms with Crippen LogP contribution < -0.4 is 5.73 Å². The predicted octanol–water partition coefficient (Wildman–Crippen LogP) is 2.87. The van der Waals surface area contributed by atoms with Crippen LogP contribution >= 0.6 is 0 Å². The van der Waals surface area contributed by atoms with Gasteiger partial charge in [-0.25, -0.2) is 0 Å². The fourth-order valence-corrected chi connectivity index (χ4v) is 3.57. The average Bonchev–Trinajstić information content (AvgIpc) is 2.33. The maximum Gasteiger partial charge on any atom is 0.0107 e. The largest absolute Gasteiger partial charge is 0.327 e. The Kier molecular flexibility index (Phi) is 4.48. The number of likely N-dealkylation sites (tertiary alicyclic amines) is 1. The molecule has 100 valence electrons. The highest BCUT2D eigenvalue weighted by atomic mass is 15.2. The Hall–Kier alpha value is -0.0800. The Labute approximate surface area is 107 Å². The lowest BCUT2D eigenvalue weighted by molar-refractivity contribution is 0.0710. The predicted molar refractivity (Wildman–Crippen MR) is 73.9 cm³/mol. The fourth-order valence-electron chi connectivity index (χ4n) is 3.57. The number of nitrogens with two attached hydrogens (primary N) is 1. The molecule has 3 atom stereocenters. The van der Waals surface area contributed by atoms with E-state index in [4.69, 9.17) is 5.73 Å². The van der Waals surface area contributed by atoms with Gasteiger partial charge in [0.1, 0.15) is 0 Å². The molecule has 1 aliphatic heterocycles. The van der Waals surface area contributed by atoms with Crippen molar-refractivity contribution < 1.29 is 0 Å². The molecule has 2 rings (SSSR count). The first-order chi connectivity index (χ1) is 8.08. The van der Waals surface area contributed by atoms with Gasteiger partial charge >= 0.3 is 0 Å². The van der Waals surface area contributed by atoms with Crippen molar-refractivity contribution >= 4 is 0 Å². The molecule has 0 bridgehead atoms. The third-order valence-electron chi connectivity index (χ3n) is 5.39. The molecule has 0 aromatic heterocycles. The molecule has 2 heteroatoms. The van der Waals surface area contributed by atoms with Crippen LogP contribution in [0.2, 0.25) is 0 Å². The van der Waals surface area contributed by atoms with Crippen LogP contribution in [0.1, 0.15) is 52.9 Å². The third kappa shape index (κ3) is 3.23. The van der Waals surface area contributed by atoms with Crippen LogP contribution in [-0.2, 0) is 0 Å². The first-order valence-corrected chi connectivity index (χ1v) is 7.57. The minimum absolute atomic E-state index is 0.424. The summed E-state index contributed by atoms with van der Waals surface area (Å²) in [4.78, 5) is 2.70. The molecular weight excluding hydrogens is 208 g/mol. The summed E-state index contributed by atoms with van der Waals surface area (Å²) >= 11 is 0. The quantitative estimate of drug-likeness (QED) is 0.801. The van der Waals surface area contributed by atoms with Crippen molar-refractivity contribution in [3.05, 3.63) is 0 Å². The zero-order valence-corrected chi connectivity index (χ0v) is 11.9. The summed E-state index contributed by atoms with van der Waals surface area (Å²) in [6, 6.07) is 1.10. The number of rotatable bonds is 2. The summed E-state index contributed by atoms with van der Waals surface area (Å²) < 4.78 is 0. The number of nitrogens with zero attached hydrogens (tertiary/aromatic N) is 1. The molecule has 1 aliphatic carbocycles. The van der Waals surface area contributed by atoms with Crippen molar-refractivity contribution in [3.8, 4) is 0 Å². The molecule has 0 amide bonds. The number of hydrogen-bond donors (Lipinski definition) is 1. The third-order valence-corrected chi connectivity index (χ3v) is 5.39. The summed E-state index contributed by atoms with van der Waals surface area (Å²) in [5.74, 6) is 2.58. The molecule has 17 heavy (non-hydrogen) atoms. The van der Waals surface area contributed by atoms with Crippen LogP contribution in [0.5, 0.6) is 0 Å². The average molecular weight is 238 g/mol. The highest BCUT2D eigenvalue weighted by molar-refractivity contribution is 4.88. The van der Waals surface area contributed by atoms with Crippen LogP contribution in [0.25, 0.3) is 0 Å². The van der Waals surface area contributed by atoms with Crippen molar-refractivity contribution in [2.24, 2.45) is 23.5 Å². The lowest BCUT2D eigenvalue weighted by atomic mass is 9.81. The van der Waals surface area contributed by atoms with Gasteiger partial charge in [0.2, 0.25) is 0 Å². The SMILES string of the molecule is CC1CCC(CN2CCC(N)C(C)C2C)CC1. The lowest BCUT2D eigenvalue weighted by Gasteiger charge is -2.43. The van der Waals surface area contributed by atoms with Gasteiger partial charge < -0.3 is 10.6 Å². The summed E-state index contributed by atoms with van der Waals surface area (Å²) in [5.41, 5.74) is 6.16. The summed E-state index contributed by atoms with van der Waals surface area (Å²) in [6.45, 7) is 9.64. The van der Waals surface area contributed by atoms with E-state index in [0.29, 0.717) is 18.0 Å². The maximum absolute atomic E-state index is 6.16. The Morgan fingerprint density at radius 1 is 1.00 bits per heavy atom. The molecule has 1 saturated heterocycles. The van der Waals surface area contributed by atoms with Crippen molar-refractivity contribution in [1.82, 2.24) is 4.90 Å². The monoisotopic (exact) mass is 238 g/mol. The first kappa shape index (κ1) is 13.4. The molecule has 0 aromatic carbocycles. The Balaban J connectivity index is 1.82. The van der Waals surface area contributed by atoms with Gasteiger partial charge in [0.25, 0.3) is 0 Å². The van der Waals surface area contributed by atoms with Gasteiger partial charge in [-0.05, 0) is 50.5 Å². The molecule has 1 heterocycles. The van der Waals surface area contributed by atoms with Crippen molar-refractivity contribution in [2.75, 3.05) is 13.1 Å². The van der Waals surface area contributed by atoms with Crippen LogP contribution in [-0.4, -0.2) is 30.1 Å². The van der Waals surface area contributed by atoms with E-state index < -0.39 is 0 Å². The normalized spacial score (nSPS) is 44.8. The van der Waals surface area contributed by atoms with E-state index in [1.807, 2.05) is 0 Å². The minimum Gasteiger partial charge on any atom is -0.327 e. The maximum atomic E-state index is 6.16. The van der Waals surface area contributed by atoms with Gasteiger partial charge in [-0.15, -0.1) is 0 Å². The standard InChI is InChI=1S/C15H30N2/c1-11-4-6-14(7-5-11)10-17-9-8-15(16)12(2)13(17)3/h11-15H,4-10,16H2,1-3H3. The highest BCUT2D eigenvalue weighted by Gasteiger charge is 2.31. The minimum atomic E-state index is 0.424. The van der Waals surface area contributed by atoms with Gasteiger partial charge in [-0.1, -0.05) is 26.7 Å². The van der Waals surface area contributed by atoms with E-state index in [1.165, 1.54) is 45.2 Å². The van der Waals surface area contributed by atoms with Crippen LogP contribution in [0.15, 0.2) is 0 Å². The second-order valence-corrected chi connectivity index (χ2v) is 6.67. The lowest BCUT2D eigenvalue weighted by Crippen LogP contribution is -2.52. The smallest absolute Gasteiger partial charge is 0.0107 e. The van der Waals surface area contributed by atoms with E-state index in [2.05, 4.69) is 25.7 Å². The molecule has 0 spiro atoms. The van der Waals surface area contributed by atoms with Gasteiger partial charge in [0.15, 0.2) is 0 Å². The summed E-state index contributed by atoms with van der Waals surface area (Å²) in [7, 11) is 0. The first-order valence-electron chi connectivity index (χ1n) is 7.57. The van der Waals surface area contributed by atoms with Gasteiger partial charge in [0.05, 0.1) is 0 Å². The van der Waals surface area contributed by atoms with Crippen LogP contribution in [0.3, 0.4) is 0 Å². The molecule has 2 aliphatic rings. The molecule has 1 saturated carbocycles. The molecule has 0 aromatic rings. The van der Waals surface area contributed by atoms with Gasteiger partial charge in [-0.3, -0.25) is 0 Å². The second-order valence-electron chi connectivity index (χ2n) is 6.67. The molecule has 2 nitrogen and oxygen atoms in total. The molecule has 3 unspecified atom stereocenters. The van der Waals surface area contributed by atoms with Gasteiger partial charge in [-0.2, -0.15) is 0 Å². The van der Waals surface area contributed by atoms with Crippen molar-refractivity contribution in [1.29, 1.82) is 0 Å². The zero-order chi connectivity index (χ0) is 12.4. The van der Waals surface area contributed by atoms with Crippen LogP contribution in [0, 0.1) is 17.8 Å². The topological polar surface area (TPSA) is 29.3 Å². The molecule has 2 N–H and O–H groups in total. The van der Waals surface area contributed by atoms with E-state index in [-0.39, 0.29) is 0 Å². The number of hydrogen-bond acceptors (Lipinski definition) is 2.